The molecule has 198 valence electrons. The van der Waals surface area contributed by atoms with Crippen LogP contribution < -0.4 is 9.47 Å². The van der Waals surface area contributed by atoms with Gasteiger partial charge in [0.15, 0.2) is 0 Å². The van der Waals surface area contributed by atoms with Crippen LogP contribution >= 0.6 is 0 Å². The standard InChI is InChI=1S/C34H28N2O4/c1-39-28-20-18-27(19-21-28)31-24-30(35-36(31)33(37)22-16-25-10-4-2-5-11-25)29-14-8-9-15-32(29)40-34(38)23-17-26-12-6-3-7-13-26/h2-23,31H,24H2,1H3/b22-16+,23-17+. The minimum Gasteiger partial charge on any atom is -0.497 e. The van der Waals surface area contributed by atoms with Crippen molar-refractivity contribution in [3.63, 3.8) is 0 Å². The molecule has 4 aromatic rings. The van der Waals surface area contributed by atoms with Crippen LogP contribution in [0.3, 0.4) is 0 Å². The summed E-state index contributed by atoms with van der Waals surface area (Å²) in [6.07, 6.45) is 6.85. The van der Waals surface area contributed by atoms with Gasteiger partial charge in [-0.1, -0.05) is 84.9 Å². The predicted octanol–water partition coefficient (Wildman–Crippen LogP) is 6.71. The number of para-hydroxylation sites is 1. The van der Waals surface area contributed by atoms with Crippen LogP contribution in [0.4, 0.5) is 0 Å². The van der Waals surface area contributed by atoms with Crippen molar-refractivity contribution in [1.82, 2.24) is 5.01 Å². The molecule has 40 heavy (non-hydrogen) atoms. The number of esters is 1. The first-order chi connectivity index (χ1) is 19.6. The molecule has 0 radical (unpaired) electrons. The fourth-order valence-corrected chi connectivity index (χ4v) is 4.43. The number of hydrogen-bond acceptors (Lipinski definition) is 5. The van der Waals surface area contributed by atoms with E-state index in [1.165, 1.54) is 17.2 Å². The van der Waals surface area contributed by atoms with Crippen LogP contribution in [0.1, 0.15) is 34.7 Å². The Bertz CT molecular complexity index is 1560. The molecule has 0 bridgehead atoms. The molecule has 1 atom stereocenters. The average Bonchev–Trinajstić information content (AvgIpc) is 3.46. The van der Waals surface area contributed by atoms with Crippen molar-refractivity contribution in [1.29, 1.82) is 0 Å². The van der Waals surface area contributed by atoms with E-state index in [-0.39, 0.29) is 11.9 Å². The second-order valence-electron chi connectivity index (χ2n) is 9.13. The second-order valence-corrected chi connectivity index (χ2v) is 9.13. The van der Waals surface area contributed by atoms with Gasteiger partial charge in [-0.05, 0) is 53.1 Å². The molecule has 0 aliphatic carbocycles. The number of carbonyl (C=O) groups is 2. The molecule has 0 saturated heterocycles. The number of ether oxygens (including phenoxy) is 2. The zero-order chi connectivity index (χ0) is 27.7. The third kappa shape index (κ3) is 6.42. The molecule has 1 aliphatic heterocycles. The number of nitrogens with zero attached hydrogens (tertiary/aromatic N) is 2. The maximum atomic E-state index is 13.4. The van der Waals surface area contributed by atoms with E-state index in [2.05, 4.69) is 0 Å². The number of carbonyl (C=O) groups excluding carboxylic acids is 2. The van der Waals surface area contributed by atoms with Gasteiger partial charge in [0.05, 0.1) is 18.9 Å². The van der Waals surface area contributed by atoms with Gasteiger partial charge in [-0.2, -0.15) is 5.10 Å². The molecule has 6 nitrogen and oxygen atoms in total. The van der Waals surface area contributed by atoms with Gasteiger partial charge in [0.1, 0.15) is 11.5 Å². The number of rotatable bonds is 8. The molecule has 1 heterocycles. The molecule has 0 aromatic heterocycles. The van der Waals surface area contributed by atoms with Gasteiger partial charge < -0.3 is 9.47 Å². The summed E-state index contributed by atoms with van der Waals surface area (Å²) in [4.78, 5) is 26.1. The molecule has 1 aliphatic rings. The molecule has 0 saturated carbocycles. The maximum absolute atomic E-state index is 13.4. The van der Waals surface area contributed by atoms with E-state index in [0.717, 1.165) is 22.4 Å². The summed E-state index contributed by atoms with van der Waals surface area (Å²) in [5.41, 5.74) is 4.04. The van der Waals surface area contributed by atoms with Crippen LogP contribution in [0.25, 0.3) is 12.2 Å². The highest BCUT2D eigenvalue weighted by Gasteiger charge is 2.33. The molecular weight excluding hydrogens is 500 g/mol. The SMILES string of the molecule is COc1ccc(C2CC(c3ccccc3OC(=O)/C=C/c3ccccc3)=NN2C(=O)/C=C/c2ccccc2)cc1. The highest BCUT2D eigenvalue weighted by atomic mass is 16.5. The zero-order valence-electron chi connectivity index (χ0n) is 22.0. The monoisotopic (exact) mass is 528 g/mol. The van der Waals surface area contributed by atoms with Gasteiger partial charge in [-0.3, -0.25) is 4.79 Å². The van der Waals surface area contributed by atoms with Crippen molar-refractivity contribution in [2.75, 3.05) is 7.11 Å². The first kappa shape index (κ1) is 26.4. The lowest BCUT2D eigenvalue weighted by Crippen LogP contribution is -2.25. The Labute approximate surface area is 233 Å². The van der Waals surface area contributed by atoms with Gasteiger partial charge in [-0.15, -0.1) is 0 Å². The topological polar surface area (TPSA) is 68.2 Å². The Morgan fingerprint density at radius 2 is 1.38 bits per heavy atom. The largest absolute Gasteiger partial charge is 0.497 e. The van der Waals surface area contributed by atoms with E-state index in [4.69, 9.17) is 14.6 Å². The van der Waals surface area contributed by atoms with E-state index < -0.39 is 5.97 Å². The lowest BCUT2D eigenvalue weighted by atomic mass is 9.97. The third-order valence-corrected chi connectivity index (χ3v) is 6.47. The highest BCUT2D eigenvalue weighted by Crippen LogP contribution is 2.36. The van der Waals surface area contributed by atoms with E-state index in [9.17, 15) is 9.59 Å². The van der Waals surface area contributed by atoms with Crippen LogP contribution in [0.5, 0.6) is 11.5 Å². The van der Waals surface area contributed by atoms with Crippen molar-refractivity contribution in [3.05, 3.63) is 144 Å². The number of hydrogen-bond donors (Lipinski definition) is 0. The average molecular weight is 529 g/mol. The van der Waals surface area contributed by atoms with Gasteiger partial charge >= 0.3 is 5.97 Å². The Morgan fingerprint density at radius 3 is 2.02 bits per heavy atom. The van der Waals surface area contributed by atoms with E-state index >= 15 is 0 Å². The normalized spacial score (nSPS) is 14.9. The Hall–Kier alpha value is -5.23. The predicted molar refractivity (Wildman–Crippen MR) is 157 cm³/mol. The van der Waals surface area contributed by atoms with Crippen molar-refractivity contribution in [3.8, 4) is 11.5 Å². The van der Waals surface area contributed by atoms with Crippen LogP contribution in [-0.2, 0) is 9.59 Å². The lowest BCUT2D eigenvalue weighted by Gasteiger charge is -2.21. The van der Waals surface area contributed by atoms with Crippen molar-refractivity contribution < 1.29 is 19.1 Å². The summed E-state index contributed by atoms with van der Waals surface area (Å²) in [7, 11) is 1.61. The molecule has 1 amide bonds. The molecular formula is C34H28N2O4. The lowest BCUT2D eigenvalue weighted by molar-refractivity contribution is -0.129. The van der Waals surface area contributed by atoms with Crippen LogP contribution in [0, 0.1) is 0 Å². The minimum atomic E-state index is -0.500. The minimum absolute atomic E-state index is 0.250. The summed E-state index contributed by atoms with van der Waals surface area (Å²) >= 11 is 0. The number of methoxy groups -OCH3 is 1. The van der Waals surface area contributed by atoms with Gasteiger partial charge in [-0.25, -0.2) is 9.80 Å². The van der Waals surface area contributed by atoms with E-state index in [1.807, 2.05) is 97.1 Å². The second kappa shape index (κ2) is 12.5. The zero-order valence-corrected chi connectivity index (χ0v) is 22.0. The smallest absolute Gasteiger partial charge is 0.336 e. The van der Waals surface area contributed by atoms with E-state index in [1.54, 1.807) is 31.4 Å². The highest BCUT2D eigenvalue weighted by molar-refractivity contribution is 6.07. The van der Waals surface area contributed by atoms with Crippen LogP contribution in [0.15, 0.2) is 126 Å². The summed E-state index contributed by atoms with van der Waals surface area (Å²) in [6, 6.07) is 33.7. The van der Waals surface area contributed by atoms with Crippen molar-refractivity contribution >= 4 is 29.7 Å². The Kier molecular flexibility index (Phi) is 8.27. The molecule has 5 rings (SSSR count). The van der Waals surface area contributed by atoms with Crippen LogP contribution in [-0.4, -0.2) is 29.7 Å². The van der Waals surface area contributed by atoms with Gasteiger partial charge in [0.25, 0.3) is 5.91 Å². The summed E-state index contributed by atoms with van der Waals surface area (Å²) in [6.45, 7) is 0. The summed E-state index contributed by atoms with van der Waals surface area (Å²) in [5, 5.41) is 6.23. The number of benzene rings is 4. The van der Waals surface area contributed by atoms with Gasteiger partial charge in [0.2, 0.25) is 0 Å². The summed E-state index contributed by atoms with van der Waals surface area (Å²) in [5.74, 6) is 0.359. The van der Waals surface area contributed by atoms with Crippen molar-refractivity contribution in [2.45, 2.75) is 12.5 Å². The molecule has 0 N–H and O–H groups in total. The number of amides is 1. The Morgan fingerprint density at radius 1 is 0.775 bits per heavy atom. The fourth-order valence-electron chi connectivity index (χ4n) is 4.43. The Balaban J connectivity index is 1.42. The quantitative estimate of drug-likeness (QED) is 0.145. The molecule has 6 heteroatoms. The maximum Gasteiger partial charge on any atom is 0.336 e. The molecule has 1 unspecified atom stereocenters. The van der Waals surface area contributed by atoms with Crippen molar-refractivity contribution in [2.24, 2.45) is 5.10 Å². The molecule has 0 fully saturated rings. The molecule has 4 aromatic carbocycles. The molecule has 0 spiro atoms. The third-order valence-electron chi connectivity index (χ3n) is 6.47. The first-order valence-electron chi connectivity index (χ1n) is 12.9. The van der Waals surface area contributed by atoms with Gasteiger partial charge in [0, 0.05) is 24.1 Å². The van der Waals surface area contributed by atoms with Crippen LogP contribution in [0.2, 0.25) is 0 Å². The first-order valence-corrected chi connectivity index (χ1v) is 12.9. The van der Waals surface area contributed by atoms with E-state index in [0.29, 0.717) is 23.4 Å². The fraction of sp³-hybridized carbons (Fsp3) is 0.0882. The summed E-state index contributed by atoms with van der Waals surface area (Å²) < 4.78 is 11.0. The number of hydrazone groups is 1.